The molecule has 0 amide bonds. The summed E-state index contributed by atoms with van der Waals surface area (Å²) in [6.07, 6.45) is 5.06. The molecule has 1 N–H and O–H groups in total. The highest BCUT2D eigenvalue weighted by molar-refractivity contribution is 9.10. The predicted molar refractivity (Wildman–Crippen MR) is 80.7 cm³/mol. The lowest BCUT2D eigenvalue weighted by Gasteiger charge is -2.18. The van der Waals surface area contributed by atoms with Crippen LogP contribution in [0.25, 0.3) is 0 Å². The number of anilines is 1. The highest BCUT2D eigenvalue weighted by atomic mass is 79.9. The van der Waals surface area contributed by atoms with Crippen LogP contribution >= 0.6 is 27.5 Å². The largest absolute Gasteiger partial charge is 0.493 e. The normalized spacial score (nSPS) is 23.1. The van der Waals surface area contributed by atoms with Crippen molar-refractivity contribution in [2.24, 2.45) is 5.92 Å². The van der Waals surface area contributed by atoms with E-state index in [0.717, 1.165) is 26.9 Å². The van der Waals surface area contributed by atoms with E-state index in [1.807, 2.05) is 12.1 Å². The maximum Gasteiger partial charge on any atom is 0.156 e. The summed E-state index contributed by atoms with van der Waals surface area (Å²) in [6.45, 7) is 2.27. The van der Waals surface area contributed by atoms with E-state index in [-0.39, 0.29) is 0 Å². The Morgan fingerprint density at radius 2 is 2.22 bits per heavy atom. The molecule has 2 nitrogen and oxygen atoms in total. The van der Waals surface area contributed by atoms with Crippen molar-refractivity contribution in [3.05, 3.63) is 21.6 Å². The fourth-order valence-corrected chi connectivity index (χ4v) is 3.64. The summed E-state index contributed by atoms with van der Waals surface area (Å²) < 4.78 is 6.32. The first-order chi connectivity index (χ1) is 8.63. The van der Waals surface area contributed by atoms with Gasteiger partial charge >= 0.3 is 0 Å². The Balaban J connectivity index is 2.13. The molecule has 0 spiro atoms. The van der Waals surface area contributed by atoms with E-state index in [1.165, 1.54) is 25.7 Å². The first kappa shape index (κ1) is 14.0. The van der Waals surface area contributed by atoms with Crippen molar-refractivity contribution in [3.63, 3.8) is 0 Å². The Kier molecular flexibility index (Phi) is 4.79. The van der Waals surface area contributed by atoms with Gasteiger partial charge in [-0.3, -0.25) is 0 Å². The van der Waals surface area contributed by atoms with E-state index in [4.69, 9.17) is 16.3 Å². The zero-order valence-electron chi connectivity index (χ0n) is 10.8. The van der Waals surface area contributed by atoms with Crippen LogP contribution in [0.15, 0.2) is 16.6 Å². The molecule has 0 aromatic heterocycles. The molecule has 0 aliphatic heterocycles. The number of nitrogens with one attached hydrogen (secondary N) is 1. The minimum Gasteiger partial charge on any atom is -0.493 e. The molecule has 2 atom stereocenters. The summed E-state index contributed by atoms with van der Waals surface area (Å²) in [7, 11) is 1.68. The summed E-state index contributed by atoms with van der Waals surface area (Å²) in [5.74, 6) is 1.69. The first-order valence-corrected chi connectivity index (χ1v) is 7.60. The van der Waals surface area contributed by atoms with Gasteiger partial charge in [-0.25, -0.2) is 0 Å². The minimum absolute atomic E-state index is 0.536. The second-order valence-corrected chi connectivity index (χ2v) is 6.19. The Bertz CT molecular complexity index is 425. The van der Waals surface area contributed by atoms with Gasteiger partial charge in [0.25, 0.3) is 0 Å². The van der Waals surface area contributed by atoms with Crippen LogP contribution in [-0.2, 0) is 0 Å². The topological polar surface area (TPSA) is 21.3 Å². The highest BCUT2D eigenvalue weighted by Gasteiger charge is 2.24. The van der Waals surface area contributed by atoms with E-state index in [0.29, 0.717) is 6.04 Å². The van der Waals surface area contributed by atoms with Crippen molar-refractivity contribution in [1.82, 2.24) is 0 Å². The Hall–Kier alpha value is -0.410. The molecule has 2 rings (SSSR count). The summed E-state index contributed by atoms with van der Waals surface area (Å²) >= 11 is 9.58. The molecule has 1 aromatic rings. The number of benzene rings is 1. The molecule has 2 unspecified atom stereocenters. The standard InChI is InChI=1S/C14H19BrClNO/c1-3-9-4-5-11(6-9)17-13-8-10(16)7-12(15)14(13)18-2/h7-9,11,17H,3-6H2,1-2H3. The Morgan fingerprint density at radius 3 is 2.83 bits per heavy atom. The van der Waals surface area contributed by atoms with Crippen molar-refractivity contribution in [2.45, 2.75) is 38.6 Å². The van der Waals surface area contributed by atoms with Gasteiger partial charge in [0.05, 0.1) is 17.3 Å². The predicted octanol–water partition coefficient (Wildman–Crippen LogP) is 5.10. The summed E-state index contributed by atoms with van der Waals surface area (Å²) in [5, 5.41) is 4.28. The molecule has 1 aromatic carbocycles. The second-order valence-electron chi connectivity index (χ2n) is 4.90. The quantitative estimate of drug-likeness (QED) is 0.828. The molecule has 1 aliphatic carbocycles. The molecule has 0 bridgehead atoms. The van der Waals surface area contributed by atoms with Crippen LogP contribution in [0.2, 0.25) is 5.02 Å². The number of ether oxygens (including phenoxy) is 1. The van der Waals surface area contributed by atoms with Crippen LogP contribution in [0.4, 0.5) is 5.69 Å². The van der Waals surface area contributed by atoms with E-state index < -0.39 is 0 Å². The number of hydrogen-bond acceptors (Lipinski definition) is 2. The van der Waals surface area contributed by atoms with Gasteiger partial charge in [0, 0.05) is 11.1 Å². The Labute approximate surface area is 122 Å². The summed E-state index contributed by atoms with van der Waals surface area (Å²) in [4.78, 5) is 0. The van der Waals surface area contributed by atoms with Gasteiger partial charge in [-0.1, -0.05) is 24.9 Å². The lowest BCUT2D eigenvalue weighted by Crippen LogP contribution is -2.16. The van der Waals surface area contributed by atoms with Crippen LogP contribution in [0.1, 0.15) is 32.6 Å². The molecule has 0 heterocycles. The number of methoxy groups -OCH3 is 1. The molecule has 18 heavy (non-hydrogen) atoms. The van der Waals surface area contributed by atoms with Gasteiger partial charge in [-0.15, -0.1) is 0 Å². The molecule has 1 fully saturated rings. The fraction of sp³-hybridized carbons (Fsp3) is 0.571. The number of hydrogen-bond donors (Lipinski definition) is 1. The highest BCUT2D eigenvalue weighted by Crippen LogP contribution is 2.38. The van der Waals surface area contributed by atoms with E-state index in [2.05, 4.69) is 28.2 Å². The van der Waals surface area contributed by atoms with Gasteiger partial charge < -0.3 is 10.1 Å². The zero-order chi connectivity index (χ0) is 13.1. The average Bonchev–Trinajstić information content (AvgIpc) is 2.76. The van der Waals surface area contributed by atoms with Crippen molar-refractivity contribution < 1.29 is 4.74 Å². The first-order valence-electron chi connectivity index (χ1n) is 6.43. The van der Waals surface area contributed by atoms with Crippen LogP contribution < -0.4 is 10.1 Å². The lowest BCUT2D eigenvalue weighted by atomic mass is 10.1. The molecule has 100 valence electrons. The van der Waals surface area contributed by atoms with Crippen LogP contribution in [-0.4, -0.2) is 13.2 Å². The molecule has 0 radical (unpaired) electrons. The van der Waals surface area contributed by atoms with E-state index in [1.54, 1.807) is 7.11 Å². The fourth-order valence-electron chi connectivity index (χ4n) is 2.67. The SMILES string of the molecule is CCC1CCC(Nc2cc(Cl)cc(Br)c2OC)C1. The van der Waals surface area contributed by atoms with Gasteiger partial charge in [-0.05, 0) is 53.2 Å². The van der Waals surface area contributed by atoms with Crippen molar-refractivity contribution in [2.75, 3.05) is 12.4 Å². The molecular weight excluding hydrogens is 314 g/mol. The third-order valence-electron chi connectivity index (χ3n) is 3.69. The molecule has 4 heteroatoms. The van der Waals surface area contributed by atoms with Crippen molar-refractivity contribution in [3.8, 4) is 5.75 Å². The molecule has 0 saturated heterocycles. The van der Waals surface area contributed by atoms with Gasteiger partial charge in [0.2, 0.25) is 0 Å². The summed E-state index contributed by atoms with van der Waals surface area (Å²) in [5.41, 5.74) is 0.985. The van der Waals surface area contributed by atoms with E-state index >= 15 is 0 Å². The monoisotopic (exact) mass is 331 g/mol. The molecule has 1 aliphatic rings. The van der Waals surface area contributed by atoms with Crippen molar-refractivity contribution in [1.29, 1.82) is 0 Å². The third-order valence-corrected chi connectivity index (χ3v) is 4.50. The second kappa shape index (κ2) is 6.16. The Morgan fingerprint density at radius 1 is 1.44 bits per heavy atom. The average molecular weight is 333 g/mol. The van der Waals surface area contributed by atoms with Gasteiger partial charge in [-0.2, -0.15) is 0 Å². The smallest absolute Gasteiger partial charge is 0.156 e. The number of halogens is 2. The maximum absolute atomic E-state index is 6.09. The van der Waals surface area contributed by atoms with E-state index in [9.17, 15) is 0 Å². The zero-order valence-corrected chi connectivity index (χ0v) is 13.1. The third kappa shape index (κ3) is 3.12. The van der Waals surface area contributed by atoms with Crippen LogP contribution in [0.3, 0.4) is 0 Å². The van der Waals surface area contributed by atoms with Crippen LogP contribution in [0, 0.1) is 5.92 Å². The summed E-state index contributed by atoms with van der Waals surface area (Å²) in [6, 6.07) is 4.33. The number of rotatable bonds is 4. The lowest BCUT2D eigenvalue weighted by molar-refractivity contribution is 0.413. The van der Waals surface area contributed by atoms with Crippen LogP contribution in [0.5, 0.6) is 5.75 Å². The van der Waals surface area contributed by atoms with Crippen molar-refractivity contribution >= 4 is 33.2 Å². The molecular formula is C14H19BrClNO. The van der Waals surface area contributed by atoms with Gasteiger partial charge in [0.15, 0.2) is 5.75 Å². The maximum atomic E-state index is 6.09. The molecule has 1 saturated carbocycles. The van der Waals surface area contributed by atoms with Gasteiger partial charge in [0.1, 0.15) is 0 Å². The minimum atomic E-state index is 0.536.